The van der Waals surface area contributed by atoms with Crippen molar-refractivity contribution in [2.75, 3.05) is 0 Å². The highest BCUT2D eigenvalue weighted by Gasteiger charge is 2.56. The third kappa shape index (κ3) is 1.29. The monoisotopic (exact) mass is 217 g/mol. The average Bonchev–Trinajstić information content (AvgIpc) is 2.57. The Morgan fingerprint density at radius 2 is 2.06 bits per heavy atom. The topological polar surface area (TPSA) is 35.2 Å². The third-order valence-electron chi connectivity index (χ3n) is 4.19. The molecule has 2 nitrogen and oxygen atoms in total. The van der Waals surface area contributed by atoms with Crippen molar-refractivity contribution in [2.45, 2.75) is 45.3 Å². The molecule has 2 aliphatic rings. The van der Waals surface area contributed by atoms with Gasteiger partial charge in [0.1, 0.15) is 11.9 Å². The van der Waals surface area contributed by atoms with Crippen molar-refractivity contribution in [3.63, 3.8) is 0 Å². The van der Waals surface area contributed by atoms with Crippen LogP contribution in [-0.4, -0.2) is 12.1 Å². The molecule has 86 valence electrons. The number of rotatable bonds is 1. The van der Waals surface area contributed by atoms with Crippen LogP contribution in [0.5, 0.6) is 5.75 Å². The van der Waals surface area contributed by atoms with Gasteiger partial charge in [0.2, 0.25) is 0 Å². The molecule has 1 aliphatic carbocycles. The number of hydrogen-bond donors (Lipinski definition) is 1. The Hall–Kier alpha value is -1.02. The van der Waals surface area contributed by atoms with Gasteiger partial charge < -0.3 is 10.5 Å². The maximum Gasteiger partial charge on any atom is 0.123 e. The molecular weight excluding hydrogens is 198 g/mol. The quantitative estimate of drug-likeness (QED) is 0.784. The summed E-state index contributed by atoms with van der Waals surface area (Å²) < 4.78 is 5.71. The number of nitrogens with two attached hydrogens (primary N) is 1. The Balaban J connectivity index is 1.92. The fourth-order valence-corrected chi connectivity index (χ4v) is 2.95. The van der Waals surface area contributed by atoms with E-state index in [4.69, 9.17) is 10.5 Å². The molecule has 1 aromatic rings. The van der Waals surface area contributed by atoms with Crippen molar-refractivity contribution in [3.8, 4) is 5.75 Å². The van der Waals surface area contributed by atoms with Gasteiger partial charge in [-0.05, 0) is 29.5 Å². The van der Waals surface area contributed by atoms with Crippen LogP contribution in [0.2, 0.25) is 0 Å². The second kappa shape index (κ2) is 3.01. The van der Waals surface area contributed by atoms with Gasteiger partial charge in [0.05, 0.1) is 0 Å². The first-order valence-corrected chi connectivity index (χ1v) is 6.05. The minimum absolute atomic E-state index is 0.263. The van der Waals surface area contributed by atoms with Crippen LogP contribution in [0.1, 0.15) is 37.8 Å². The van der Waals surface area contributed by atoms with Gasteiger partial charge in [-0.3, -0.25) is 0 Å². The van der Waals surface area contributed by atoms with Crippen molar-refractivity contribution >= 4 is 0 Å². The summed E-state index contributed by atoms with van der Waals surface area (Å²) in [5, 5.41) is 0. The van der Waals surface area contributed by atoms with E-state index in [1.807, 2.05) is 0 Å². The first-order valence-electron chi connectivity index (χ1n) is 6.05. The van der Waals surface area contributed by atoms with E-state index in [0.717, 1.165) is 12.2 Å². The van der Waals surface area contributed by atoms with E-state index < -0.39 is 0 Å². The van der Waals surface area contributed by atoms with Crippen LogP contribution in [0.3, 0.4) is 0 Å². The normalized spacial score (nSPS) is 34.4. The lowest BCUT2D eigenvalue weighted by Crippen LogP contribution is -2.06. The molecule has 2 N–H and O–H groups in total. The van der Waals surface area contributed by atoms with Crippen LogP contribution >= 0.6 is 0 Å². The SMILES string of the molecule is CC1Cc2cc([C@@H]3[C@@H](N)C3(C)C)ccc2O1. The highest BCUT2D eigenvalue weighted by atomic mass is 16.5. The van der Waals surface area contributed by atoms with E-state index >= 15 is 0 Å². The number of fused-ring (bicyclic) bond motifs is 1. The molecule has 0 spiro atoms. The molecule has 1 fully saturated rings. The molecule has 0 amide bonds. The van der Waals surface area contributed by atoms with Gasteiger partial charge >= 0.3 is 0 Å². The molecule has 16 heavy (non-hydrogen) atoms. The standard InChI is InChI=1S/C14H19NO/c1-8-6-10-7-9(4-5-11(10)16-8)12-13(15)14(12,2)3/h4-5,7-8,12-13H,6,15H2,1-3H3/t8?,12-,13-/m1/s1. The summed E-state index contributed by atoms with van der Waals surface area (Å²) in [4.78, 5) is 0. The van der Waals surface area contributed by atoms with Crippen LogP contribution in [0.25, 0.3) is 0 Å². The predicted molar refractivity (Wildman–Crippen MR) is 64.7 cm³/mol. The molecule has 3 rings (SSSR count). The van der Waals surface area contributed by atoms with Crippen molar-refractivity contribution in [1.29, 1.82) is 0 Å². The first-order chi connectivity index (χ1) is 7.50. The first kappa shape index (κ1) is 10.2. The van der Waals surface area contributed by atoms with Crippen molar-refractivity contribution in [1.82, 2.24) is 0 Å². The smallest absolute Gasteiger partial charge is 0.123 e. The highest BCUT2D eigenvalue weighted by molar-refractivity contribution is 5.45. The van der Waals surface area contributed by atoms with Crippen molar-refractivity contribution in [3.05, 3.63) is 29.3 Å². The van der Waals surface area contributed by atoms with E-state index in [2.05, 4.69) is 39.0 Å². The second-order valence-electron chi connectivity index (χ2n) is 5.82. The molecule has 0 radical (unpaired) electrons. The maximum atomic E-state index is 6.12. The molecule has 1 aromatic carbocycles. The van der Waals surface area contributed by atoms with Gasteiger partial charge in [0, 0.05) is 18.4 Å². The van der Waals surface area contributed by atoms with Gasteiger partial charge in [-0.25, -0.2) is 0 Å². The van der Waals surface area contributed by atoms with Crippen molar-refractivity contribution < 1.29 is 4.74 Å². The van der Waals surface area contributed by atoms with E-state index in [1.54, 1.807) is 0 Å². The summed E-state index contributed by atoms with van der Waals surface area (Å²) in [6.07, 6.45) is 1.36. The van der Waals surface area contributed by atoms with Gasteiger partial charge in [-0.2, -0.15) is 0 Å². The van der Waals surface area contributed by atoms with Crippen molar-refractivity contribution in [2.24, 2.45) is 11.1 Å². The minimum Gasteiger partial charge on any atom is -0.490 e. The number of hydrogen-bond acceptors (Lipinski definition) is 2. The summed E-state index contributed by atoms with van der Waals surface area (Å²) >= 11 is 0. The van der Waals surface area contributed by atoms with E-state index in [9.17, 15) is 0 Å². The Bertz CT molecular complexity index is 438. The fraction of sp³-hybridized carbons (Fsp3) is 0.571. The van der Waals surface area contributed by atoms with Crippen LogP contribution in [-0.2, 0) is 6.42 Å². The lowest BCUT2D eigenvalue weighted by atomic mass is 10.00. The lowest BCUT2D eigenvalue weighted by Gasteiger charge is -2.05. The summed E-state index contributed by atoms with van der Waals surface area (Å²) in [5.74, 6) is 1.58. The number of ether oxygens (including phenoxy) is 1. The Labute approximate surface area is 96.8 Å². The lowest BCUT2D eigenvalue weighted by molar-refractivity contribution is 0.254. The molecule has 0 aromatic heterocycles. The third-order valence-corrected chi connectivity index (χ3v) is 4.19. The molecule has 3 atom stereocenters. The largest absolute Gasteiger partial charge is 0.490 e. The molecule has 1 saturated carbocycles. The van der Waals surface area contributed by atoms with Crippen LogP contribution in [0, 0.1) is 5.41 Å². The van der Waals surface area contributed by atoms with Crippen LogP contribution in [0.4, 0.5) is 0 Å². The maximum absolute atomic E-state index is 6.12. The fourth-order valence-electron chi connectivity index (χ4n) is 2.95. The van der Waals surface area contributed by atoms with E-state index in [0.29, 0.717) is 18.1 Å². The Morgan fingerprint density at radius 1 is 1.38 bits per heavy atom. The number of benzene rings is 1. The predicted octanol–water partition coefficient (Wildman–Crippen LogP) is 2.46. The zero-order valence-electron chi connectivity index (χ0n) is 10.2. The summed E-state index contributed by atoms with van der Waals surface area (Å²) in [5.41, 5.74) is 9.11. The highest BCUT2D eigenvalue weighted by Crippen LogP contribution is 2.57. The van der Waals surface area contributed by atoms with Crippen LogP contribution < -0.4 is 10.5 Å². The van der Waals surface area contributed by atoms with Crippen LogP contribution in [0.15, 0.2) is 18.2 Å². The van der Waals surface area contributed by atoms with E-state index in [-0.39, 0.29) is 5.41 Å². The summed E-state index contributed by atoms with van der Waals surface area (Å²) in [6.45, 7) is 6.61. The Morgan fingerprint density at radius 3 is 2.69 bits per heavy atom. The zero-order valence-corrected chi connectivity index (χ0v) is 10.2. The molecule has 0 saturated heterocycles. The van der Waals surface area contributed by atoms with Gasteiger partial charge in [0.15, 0.2) is 0 Å². The van der Waals surface area contributed by atoms with E-state index in [1.165, 1.54) is 11.1 Å². The average molecular weight is 217 g/mol. The van der Waals surface area contributed by atoms with Gasteiger partial charge in [-0.1, -0.05) is 26.0 Å². The molecule has 1 unspecified atom stereocenters. The Kier molecular flexibility index (Phi) is 1.91. The molecule has 0 bridgehead atoms. The zero-order chi connectivity index (χ0) is 11.5. The summed E-state index contributed by atoms with van der Waals surface area (Å²) in [6, 6.07) is 6.88. The second-order valence-corrected chi connectivity index (χ2v) is 5.82. The molecule has 1 heterocycles. The molecular formula is C14H19NO. The molecule has 1 aliphatic heterocycles. The molecule has 2 heteroatoms. The van der Waals surface area contributed by atoms with Gasteiger partial charge in [0.25, 0.3) is 0 Å². The van der Waals surface area contributed by atoms with Gasteiger partial charge in [-0.15, -0.1) is 0 Å². The minimum atomic E-state index is 0.263. The summed E-state index contributed by atoms with van der Waals surface area (Å²) in [7, 11) is 0.